The molecule has 9 heteroatoms. The van der Waals surface area contributed by atoms with Gasteiger partial charge in [0.2, 0.25) is 0 Å². The summed E-state index contributed by atoms with van der Waals surface area (Å²) in [5, 5.41) is 2.88. The molecule has 0 saturated heterocycles. The topological polar surface area (TPSA) is 87.9 Å². The van der Waals surface area contributed by atoms with Crippen LogP contribution in [0.5, 0.6) is 0 Å². The van der Waals surface area contributed by atoms with Crippen molar-refractivity contribution in [2.75, 3.05) is 21.9 Å². The highest BCUT2D eigenvalue weighted by Crippen LogP contribution is 2.31. The fourth-order valence-electron chi connectivity index (χ4n) is 2.13. The average molecular weight is 360 g/mol. The van der Waals surface area contributed by atoms with E-state index in [-0.39, 0.29) is 11.5 Å². The van der Waals surface area contributed by atoms with Gasteiger partial charge in [-0.25, -0.2) is 9.97 Å². The summed E-state index contributed by atoms with van der Waals surface area (Å²) in [5.74, 6) is 0.607. The minimum absolute atomic E-state index is 0.218. The Bertz CT molecular complexity index is 866. The molecule has 0 fully saturated rings. The molecule has 0 atom stereocenters. The zero-order valence-corrected chi connectivity index (χ0v) is 13.4. The molecule has 134 valence electrons. The number of alkyl halides is 3. The highest BCUT2D eigenvalue weighted by Gasteiger charge is 2.29. The Morgan fingerprint density at radius 2 is 1.42 bits per heavy atom. The number of anilines is 5. The third kappa shape index (κ3) is 4.12. The lowest BCUT2D eigenvalue weighted by Crippen LogP contribution is -2.13. The molecule has 6 nitrogen and oxygen atoms in total. The zero-order valence-electron chi connectivity index (χ0n) is 13.4. The number of hydrogen-bond acceptors (Lipinski definition) is 6. The molecule has 0 aliphatic carbocycles. The number of nitrogens with two attached hydrogens (primary N) is 1. The van der Waals surface area contributed by atoms with Gasteiger partial charge in [-0.05, 0) is 36.4 Å². The predicted octanol–water partition coefficient (Wildman–Crippen LogP) is 4.26. The molecule has 0 radical (unpaired) electrons. The number of nitrogens with one attached hydrogen (secondary N) is 3. The lowest BCUT2D eigenvalue weighted by molar-refractivity contribution is -0.137. The van der Waals surface area contributed by atoms with E-state index in [9.17, 15) is 13.2 Å². The van der Waals surface area contributed by atoms with Gasteiger partial charge in [-0.15, -0.1) is 0 Å². The van der Waals surface area contributed by atoms with Crippen LogP contribution >= 0.6 is 0 Å². The maximum absolute atomic E-state index is 12.6. The van der Waals surface area contributed by atoms with Gasteiger partial charge >= 0.3 is 6.18 Å². The number of hydrogen-bond donors (Lipinski definition) is 4. The maximum Gasteiger partial charge on any atom is 0.416 e. The van der Waals surface area contributed by atoms with Gasteiger partial charge in [-0.1, -0.05) is 18.2 Å². The molecule has 0 aliphatic rings. The molecule has 1 heterocycles. The summed E-state index contributed by atoms with van der Waals surface area (Å²) in [6, 6.07) is 13.9. The molecule has 5 N–H and O–H groups in total. The second-order valence-electron chi connectivity index (χ2n) is 5.30. The largest absolute Gasteiger partial charge is 0.416 e. The van der Waals surface area contributed by atoms with Crippen LogP contribution in [0, 0.1) is 0 Å². The minimum atomic E-state index is -4.38. The summed E-state index contributed by atoms with van der Waals surface area (Å²) in [6.45, 7) is 0. The smallest absolute Gasteiger partial charge is 0.393 e. The van der Waals surface area contributed by atoms with Gasteiger partial charge in [0.05, 0.1) is 11.3 Å². The van der Waals surface area contributed by atoms with Gasteiger partial charge in [0.15, 0.2) is 11.6 Å². The van der Waals surface area contributed by atoms with Crippen LogP contribution in [0.4, 0.5) is 41.9 Å². The van der Waals surface area contributed by atoms with E-state index >= 15 is 0 Å². The zero-order chi connectivity index (χ0) is 18.6. The second-order valence-corrected chi connectivity index (χ2v) is 5.30. The third-order valence-corrected chi connectivity index (χ3v) is 3.46. The van der Waals surface area contributed by atoms with E-state index in [1.165, 1.54) is 18.5 Å². The SMILES string of the molecule is Nc1c(NNc2ccccc2)ncnc1Nc1ccc(C(F)(F)F)cc1. The number of hydrazine groups is 1. The predicted molar refractivity (Wildman–Crippen MR) is 94.9 cm³/mol. The molecule has 0 aliphatic heterocycles. The Balaban J connectivity index is 1.72. The monoisotopic (exact) mass is 360 g/mol. The first-order valence-corrected chi connectivity index (χ1v) is 7.55. The summed E-state index contributed by atoms with van der Waals surface area (Å²) in [6.07, 6.45) is -3.09. The van der Waals surface area contributed by atoms with Crippen LogP contribution < -0.4 is 21.9 Å². The first-order chi connectivity index (χ1) is 12.4. The van der Waals surface area contributed by atoms with Crippen molar-refractivity contribution in [3.63, 3.8) is 0 Å². The summed E-state index contributed by atoms with van der Waals surface area (Å²) < 4.78 is 37.8. The molecule has 0 amide bonds. The number of nitrogens with zero attached hydrogens (tertiary/aromatic N) is 2. The quantitative estimate of drug-likeness (QED) is 0.509. The highest BCUT2D eigenvalue weighted by atomic mass is 19.4. The van der Waals surface area contributed by atoms with Crippen LogP contribution in [0.25, 0.3) is 0 Å². The van der Waals surface area contributed by atoms with Gasteiger partial charge < -0.3 is 11.1 Å². The number of aromatic nitrogens is 2. The Kier molecular flexibility index (Phi) is 4.78. The van der Waals surface area contributed by atoms with Crippen molar-refractivity contribution in [2.45, 2.75) is 6.18 Å². The van der Waals surface area contributed by atoms with Gasteiger partial charge in [0, 0.05) is 5.69 Å². The molecule has 3 rings (SSSR count). The lowest BCUT2D eigenvalue weighted by atomic mass is 10.2. The molecule has 3 aromatic rings. The van der Waals surface area contributed by atoms with Crippen molar-refractivity contribution in [1.82, 2.24) is 9.97 Å². The van der Waals surface area contributed by atoms with E-state index in [0.29, 0.717) is 11.5 Å². The van der Waals surface area contributed by atoms with E-state index in [1.807, 2.05) is 30.3 Å². The molecule has 26 heavy (non-hydrogen) atoms. The summed E-state index contributed by atoms with van der Waals surface area (Å²) >= 11 is 0. The van der Waals surface area contributed by atoms with Gasteiger partial charge in [0.1, 0.15) is 12.0 Å². The van der Waals surface area contributed by atoms with E-state index in [0.717, 1.165) is 17.8 Å². The van der Waals surface area contributed by atoms with Crippen molar-refractivity contribution in [3.8, 4) is 0 Å². The Labute approximate surface area is 147 Å². The maximum atomic E-state index is 12.6. The van der Waals surface area contributed by atoms with E-state index < -0.39 is 11.7 Å². The Morgan fingerprint density at radius 3 is 2.08 bits per heavy atom. The number of para-hydroxylation sites is 1. The molecular formula is C17H15F3N6. The van der Waals surface area contributed by atoms with Gasteiger partial charge in [-0.2, -0.15) is 13.2 Å². The van der Waals surface area contributed by atoms with Gasteiger partial charge in [-0.3, -0.25) is 10.9 Å². The summed E-state index contributed by atoms with van der Waals surface area (Å²) in [4.78, 5) is 8.07. The number of benzene rings is 2. The average Bonchev–Trinajstić information content (AvgIpc) is 2.63. The Hall–Kier alpha value is -3.49. The summed E-state index contributed by atoms with van der Waals surface area (Å²) in [7, 11) is 0. The molecule has 0 unspecified atom stereocenters. The molecular weight excluding hydrogens is 345 g/mol. The standard InChI is InChI=1S/C17H15F3N6/c18-17(19,20)11-6-8-12(9-7-11)24-15-14(21)16(23-10-22-15)26-25-13-4-2-1-3-5-13/h1-10,25H,21H2,(H2,22,23,24,26). The van der Waals surface area contributed by atoms with Crippen molar-refractivity contribution in [1.29, 1.82) is 0 Å². The summed E-state index contributed by atoms with van der Waals surface area (Å²) in [5.41, 5.74) is 12.6. The van der Waals surface area contributed by atoms with Crippen LogP contribution in [0.1, 0.15) is 5.56 Å². The number of rotatable bonds is 5. The lowest BCUT2D eigenvalue weighted by Gasteiger charge is -2.14. The van der Waals surface area contributed by atoms with E-state index in [4.69, 9.17) is 5.73 Å². The Morgan fingerprint density at radius 1 is 0.769 bits per heavy atom. The van der Waals surface area contributed by atoms with Gasteiger partial charge in [0.25, 0.3) is 0 Å². The molecule has 0 spiro atoms. The van der Waals surface area contributed by atoms with Crippen molar-refractivity contribution < 1.29 is 13.2 Å². The molecule has 2 aromatic carbocycles. The minimum Gasteiger partial charge on any atom is -0.393 e. The van der Waals surface area contributed by atoms with Crippen LogP contribution in [0.2, 0.25) is 0 Å². The fraction of sp³-hybridized carbons (Fsp3) is 0.0588. The van der Waals surface area contributed by atoms with Crippen LogP contribution in [-0.4, -0.2) is 9.97 Å². The van der Waals surface area contributed by atoms with Crippen LogP contribution in [0.3, 0.4) is 0 Å². The fourth-order valence-corrected chi connectivity index (χ4v) is 2.13. The molecule has 1 aromatic heterocycles. The third-order valence-electron chi connectivity index (χ3n) is 3.46. The number of halogens is 3. The van der Waals surface area contributed by atoms with Crippen LogP contribution in [0.15, 0.2) is 60.9 Å². The van der Waals surface area contributed by atoms with Crippen molar-refractivity contribution in [3.05, 3.63) is 66.5 Å². The molecule has 0 saturated carbocycles. The van der Waals surface area contributed by atoms with E-state index in [2.05, 4.69) is 26.1 Å². The molecule has 0 bridgehead atoms. The highest BCUT2D eigenvalue weighted by molar-refractivity contribution is 5.78. The second kappa shape index (κ2) is 7.18. The van der Waals surface area contributed by atoms with Crippen molar-refractivity contribution >= 4 is 28.7 Å². The normalized spacial score (nSPS) is 11.0. The first kappa shape index (κ1) is 17.3. The van der Waals surface area contributed by atoms with Crippen LogP contribution in [-0.2, 0) is 6.18 Å². The first-order valence-electron chi connectivity index (χ1n) is 7.55. The van der Waals surface area contributed by atoms with Crippen molar-refractivity contribution in [2.24, 2.45) is 0 Å². The van der Waals surface area contributed by atoms with E-state index in [1.54, 1.807) is 0 Å². The number of nitrogen functional groups attached to an aromatic ring is 1.